The number of nitrogens with two attached hydrogens (primary N) is 1. The molecule has 9 nitrogen and oxygen atoms in total. The van der Waals surface area contributed by atoms with Crippen LogP contribution < -0.4 is 5.73 Å². The summed E-state index contributed by atoms with van der Waals surface area (Å²) in [6.45, 7) is 3.56. The van der Waals surface area contributed by atoms with Gasteiger partial charge in [-0.25, -0.2) is 4.57 Å². The molecule has 0 spiro atoms. The third-order valence-corrected chi connectivity index (χ3v) is 11.2. The molecule has 3 N–H and O–H groups in total. The lowest BCUT2D eigenvalue weighted by atomic mass is 10.0. The van der Waals surface area contributed by atoms with Gasteiger partial charge in [0.2, 0.25) is 0 Å². The van der Waals surface area contributed by atoms with Gasteiger partial charge >= 0.3 is 19.8 Å². The maximum absolute atomic E-state index is 12.6. The topological polar surface area (TPSA) is 134 Å². The van der Waals surface area contributed by atoms with Gasteiger partial charge in [0.05, 0.1) is 13.2 Å². The number of esters is 2. The van der Waals surface area contributed by atoms with Crippen molar-refractivity contribution in [2.45, 2.75) is 213 Å². The minimum absolute atomic E-state index is 0.0490. The van der Waals surface area contributed by atoms with Crippen LogP contribution in [0.5, 0.6) is 0 Å². The van der Waals surface area contributed by atoms with Crippen LogP contribution >= 0.6 is 7.82 Å². The average Bonchev–Trinajstić information content (AvgIpc) is 3.27. The first kappa shape index (κ1) is 60.2. The molecule has 2 unspecified atom stereocenters. The van der Waals surface area contributed by atoms with Gasteiger partial charge < -0.3 is 20.1 Å². The standard InChI is InChI=1S/C53H92NO8P/c1-3-5-7-9-11-13-15-16-17-18-19-20-21-22-23-24-25-26-27-28-29-30-31-32-33-34-36-38-40-42-44-46-53(56)62-51(50-61-63(57,58)60-48-47-54)49-59-52(55)45-43-41-39-37-35-14-12-10-8-6-4-2/h5,7,10-13,16-17,19-20,22-23,25-26,51H,3-4,6,8-9,14-15,18,21,24,27-50,54H2,1-2H3,(H,57,58)/b7-5-,12-10-,13-11-,17-16-,20-19-,23-22-,26-25-. The largest absolute Gasteiger partial charge is 0.472 e. The number of ether oxygens (including phenoxy) is 2. The van der Waals surface area contributed by atoms with Crippen molar-refractivity contribution >= 4 is 19.8 Å². The second kappa shape index (κ2) is 48.6. The Kier molecular flexibility index (Phi) is 46.5. The van der Waals surface area contributed by atoms with Crippen LogP contribution in [0.15, 0.2) is 85.1 Å². The van der Waals surface area contributed by atoms with Crippen LogP contribution in [0.4, 0.5) is 0 Å². The van der Waals surface area contributed by atoms with Gasteiger partial charge in [0.15, 0.2) is 6.10 Å². The molecule has 0 aromatic rings. The number of carbonyl (C=O) groups excluding carboxylic acids is 2. The predicted octanol–water partition coefficient (Wildman–Crippen LogP) is 15.2. The third kappa shape index (κ3) is 48.5. The van der Waals surface area contributed by atoms with Crippen LogP contribution in [0, 0.1) is 0 Å². The normalized spacial score (nSPS) is 13.9. The van der Waals surface area contributed by atoms with Crippen molar-refractivity contribution in [1.29, 1.82) is 0 Å². The molecule has 0 rings (SSSR count). The summed E-state index contributed by atoms with van der Waals surface area (Å²) < 4.78 is 32.8. The first-order chi connectivity index (χ1) is 30.8. The molecular formula is C53H92NO8P. The van der Waals surface area contributed by atoms with Gasteiger partial charge in [-0.1, -0.05) is 195 Å². The number of hydrogen-bond donors (Lipinski definition) is 2. The molecule has 0 heterocycles. The van der Waals surface area contributed by atoms with E-state index in [0.717, 1.165) is 103 Å². The second-order valence-electron chi connectivity index (χ2n) is 16.3. The zero-order valence-electron chi connectivity index (χ0n) is 40.0. The van der Waals surface area contributed by atoms with Crippen molar-refractivity contribution in [2.75, 3.05) is 26.4 Å². The number of unbranched alkanes of at least 4 members (excludes halogenated alkanes) is 19. The predicted molar refractivity (Wildman–Crippen MR) is 265 cm³/mol. The van der Waals surface area contributed by atoms with E-state index in [4.69, 9.17) is 24.3 Å². The van der Waals surface area contributed by atoms with Crippen LogP contribution in [0.2, 0.25) is 0 Å². The first-order valence-corrected chi connectivity index (χ1v) is 26.6. The quantitative estimate of drug-likeness (QED) is 0.0265. The SMILES string of the molecule is CC/C=C\C/C=C\C/C=C\C/C=C\C/C=C\C/C=C\CCCCCCCCCCCCCCC(=O)OC(COC(=O)CCCCCCC/C=C\CCCC)COP(=O)(O)OCCN. The molecule has 0 saturated carbocycles. The molecular weight excluding hydrogens is 810 g/mol. The molecule has 63 heavy (non-hydrogen) atoms. The number of hydrogen-bond acceptors (Lipinski definition) is 8. The maximum atomic E-state index is 12.6. The fraction of sp³-hybridized carbons (Fsp3) is 0.698. The lowest BCUT2D eigenvalue weighted by molar-refractivity contribution is -0.161. The molecule has 0 saturated heterocycles. The Morgan fingerprint density at radius 3 is 1.32 bits per heavy atom. The summed E-state index contributed by atoms with van der Waals surface area (Å²) in [6.07, 6.45) is 62.1. The highest BCUT2D eigenvalue weighted by molar-refractivity contribution is 7.47. The Bertz CT molecular complexity index is 1300. The van der Waals surface area contributed by atoms with E-state index in [1.807, 2.05) is 0 Å². The minimum Gasteiger partial charge on any atom is -0.462 e. The fourth-order valence-electron chi connectivity index (χ4n) is 6.56. The average molecular weight is 902 g/mol. The Hall–Kier alpha value is -2.81. The summed E-state index contributed by atoms with van der Waals surface area (Å²) in [6, 6.07) is 0. The van der Waals surface area contributed by atoms with Crippen molar-refractivity contribution < 1.29 is 37.6 Å². The van der Waals surface area contributed by atoms with Gasteiger partial charge in [0.25, 0.3) is 0 Å². The van der Waals surface area contributed by atoms with Crippen molar-refractivity contribution in [3.8, 4) is 0 Å². The summed E-state index contributed by atoms with van der Waals surface area (Å²) in [5.74, 6) is -0.845. The van der Waals surface area contributed by atoms with E-state index in [2.05, 4.69) is 98.9 Å². The van der Waals surface area contributed by atoms with Crippen molar-refractivity contribution in [2.24, 2.45) is 5.73 Å². The lowest BCUT2D eigenvalue weighted by Gasteiger charge is -2.19. The Morgan fingerprint density at radius 1 is 0.492 bits per heavy atom. The molecule has 0 radical (unpaired) electrons. The molecule has 362 valence electrons. The Balaban J connectivity index is 3.97. The molecule has 0 fully saturated rings. The molecule has 0 amide bonds. The van der Waals surface area contributed by atoms with E-state index in [0.29, 0.717) is 6.42 Å². The fourth-order valence-corrected chi connectivity index (χ4v) is 7.33. The van der Waals surface area contributed by atoms with Gasteiger partial charge in [0.1, 0.15) is 6.61 Å². The number of allylic oxidation sites excluding steroid dienone is 14. The van der Waals surface area contributed by atoms with Crippen molar-refractivity contribution in [1.82, 2.24) is 0 Å². The first-order valence-electron chi connectivity index (χ1n) is 25.1. The number of phosphoric ester groups is 1. The van der Waals surface area contributed by atoms with E-state index < -0.39 is 32.5 Å². The zero-order valence-corrected chi connectivity index (χ0v) is 40.9. The van der Waals surface area contributed by atoms with Crippen LogP contribution in [-0.4, -0.2) is 49.3 Å². The van der Waals surface area contributed by atoms with E-state index in [1.165, 1.54) is 70.6 Å². The zero-order chi connectivity index (χ0) is 46.0. The smallest absolute Gasteiger partial charge is 0.462 e. The maximum Gasteiger partial charge on any atom is 0.472 e. The highest BCUT2D eigenvalue weighted by Crippen LogP contribution is 2.43. The molecule has 0 aromatic heterocycles. The number of rotatable bonds is 46. The number of phosphoric acid groups is 1. The summed E-state index contributed by atoms with van der Waals surface area (Å²) in [5.41, 5.74) is 5.35. The molecule has 0 bridgehead atoms. The third-order valence-electron chi connectivity index (χ3n) is 10.3. The van der Waals surface area contributed by atoms with E-state index in [-0.39, 0.29) is 32.6 Å². The highest BCUT2D eigenvalue weighted by Gasteiger charge is 2.26. The van der Waals surface area contributed by atoms with Crippen molar-refractivity contribution in [3.63, 3.8) is 0 Å². The summed E-state index contributed by atoms with van der Waals surface area (Å²) >= 11 is 0. The monoisotopic (exact) mass is 902 g/mol. The van der Waals surface area contributed by atoms with Gasteiger partial charge in [0, 0.05) is 19.4 Å². The van der Waals surface area contributed by atoms with Gasteiger partial charge in [-0.05, 0) is 83.5 Å². The highest BCUT2D eigenvalue weighted by atomic mass is 31.2. The summed E-state index contributed by atoms with van der Waals surface area (Å²) in [4.78, 5) is 34.9. The van der Waals surface area contributed by atoms with Crippen molar-refractivity contribution in [3.05, 3.63) is 85.1 Å². The lowest BCUT2D eigenvalue weighted by Crippen LogP contribution is -2.29. The number of carbonyl (C=O) groups is 2. The molecule has 0 aromatic carbocycles. The summed E-state index contributed by atoms with van der Waals surface area (Å²) in [5, 5.41) is 0. The van der Waals surface area contributed by atoms with Crippen LogP contribution in [0.25, 0.3) is 0 Å². The van der Waals surface area contributed by atoms with E-state index in [9.17, 15) is 19.0 Å². The van der Waals surface area contributed by atoms with Gasteiger partial charge in [-0.2, -0.15) is 0 Å². The van der Waals surface area contributed by atoms with E-state index >= 15 is 0 Å². The molecule has 10 heteroatoms. The molecule has 0 aliphatic rings. The molecule has 2 atom stereocenters. The Morgan fingerprint density at radius 2 is 0.873 bits per heavy atom. The summed E-state index contributed by atoms with van der Waals surface area (Å²) in [7, 11) is -4.38. The van der Waals surface area contributed by atoms with Gasteiger partial charge in [-0.15, -0.1) is 0 Å². The second-order valence-corrected chi connectivity index (χ2v) is 17.8. The van der Waals surface area contributed by atoms with Gasteiger partial charge in [-0.3, -0.25) is 18.6 Å². The van der Waals surface area contributed by atoms with Crippen LogP contribution in [-0.2, 0) is 32.7 Å². The van der Waals surface area contributed by atoms with Crippen LogP contribution in [0.3, 0.4) is 0 Å². The molecule has 0 aliphatic carbocycles. The molecule has 0 aliphatic heterocycles. The van der Waals surface area contributed by atoms with Crippen LogP contribution in [0.1, 0.15) is 206 Å². The minimum atomic E-state index is -4.38. The Labute approximate surface area is 385 Å². The van der Waals surface area contributed by atoms with E-state index in [1.54, 1.807) is 0 Å².